The molecule has 0 fully saturated rings. The van der Waals surface area contributed by atoms with Crippen molar-refractivity contribution in [1.82, 2.24) is 14.8 Å². The molecule has 0 aliphatic heterocycles. The van der Waals surface area contributed by atoms with Gasteiger partial charge in [0, 0.05) is 17.8 Å². The Balaban J connectivity index is 1.74. The minimum Gasteiger partial charge on any atom is -0.325 e. The second-order valence-corrected chi connectivity index (χ2v) is 6.77. The molecule has 28 heavy (non-hydrogen) atoms. The monoisotopic (exact) mass is 406 g/mol. The van der Waals surface area contributed by atoms with E-state index in [-0.39, 0.29) is 11.7 Å². The average Bonchev–Trinajstić information content (AvgIpc) is 3.09. The summed E-state index contributed by atoms with van der Waals surface area (Å²) in [6.45, 7) is 2.30. The molecule has 1 N–H and O–H groups in total. The van der Waals surface area contributed by atoms with Crippen molar-refractivity contribution < 1.29 is 18.0 Å². The van der Waals surface area contributed by atoms with Crippen LogP contribution in [-0.4, -0.2) is 26.4 Å². The minimum atomic E-state index is -4.43. The van der Waals surface area contributed by atoms with Gasteiger partial charge in [0.1, 0.15) is 0 Å². The van der Waals surface area contributed by atoms with Gasteiger partial charge in [-0.1, -0.05) is 42.1 Å². The van der Waals surface area contributed by atoms with Gasteiger partial charge in [0.05, 0.1) is 11.3 Å². The lowest BCUT2D eigenvalue weighted by Crippen LogP contribution is -2.14. The molecule has 1 aromatic heterocycles. The van der Waals surface area contributed by atoms with Gasteiger partial charge in [0.15, 0.2) is 11.0 Å². The first kappa shape index (κ1) is 19.9. The van der Waals surface area contributed by atoms with Crippen molar-refractivity contribution in [3.8, 4) is 11.4 Å². The highest BCUT2D eigenvalue weighted by Gasteiger charge is 2.31. The molecule has 0 saturated carbocycles. The molecule has 5 nitrogen and oxygen atoms in total. The Bertz CT molecular complexity index is 957. The molecule has 0 spiro atoms. The Morgan fingerprint density at radius 3 is 2.54 bits per heavy atom. The van der Waals surface area contributed by atoms with Crippen LogP contribution in [0.25, 0.3) is 11.4 Å². The minimum absolute atomic E-state index is 0.107. The van der Waals surface area contributed by atoms with Crippen LogP contribution in [0.3, 0.4) is 0 Å². The molecule has 1 heterocycles. The van der Waals surface area contributed by atoms with Gasteiger partial charge < -0.3 is 9.88 Å². The number of alkyl halides is 3. The Morgan fingerprint density at radius 1 is 1.11 bits per heavy atom. The number of aromatic nitrogens is 3. The maximum atomic E-state index is 13.0. The fourth-order valence-electron chi connectivity index (χ4n) is 2.58. The first-order chi connectivity index (χ1) is 13.4. The summed E-state index contributed by atoms with van der Waals surface area (Å²) < 4.78 is 40.6. The summed E-state index contributed by atoms with van der Waals surface area (Å²) in [6, 6.07) is 14.0. The molecule has 9 heteroatoms. The van der Waals surface area contributed by atoms with Crippen molar-refractivity contribution in [2.45, 2.75) is 24.8 Å². The summed E-state index contributed by atoms with van der Waals surface area (Å²) in [5.74, 6) is 0.234. The van der Waals surface area contributed by atoms with Crippen LogP contribution in [0.5, 0.6) is 0 Å². The number of halogens is 3. The van der Waals surface area contributed by atoms with Crippen LogP contribution in [0.4, 0.5) is 18.9 Å². The van der Waals surface area contributed by atoms with Crippen molar-refractivity contribution in [1.29, 1.82) is 0 Å². The number of para-hydroxylation sites is 1. The number of anilines is 1. The van der Waals surface area contributed by atoms with E-state index >= 15 is 0 Å². The van der Waals surface area contributed by atoms with E-state index in [1.54, 1.807) is 22.8 Å². The number of thioether (sulfide) groups is 1. The molecule has 3 aromatic rings. The van der Waals surface area contributed by atoms with Gasteiger partial charge in [-0.3, -0.25) is 4.79 Å². The predicted molar refractivity (Wildman–Crippen MR) is 102 cm³/mol. The lowest BCUT2D eigenvalue weighted by Gasteiger charge is -2.10. The largest absolute Gasteiger partial charge is 0.416 e. The Kier molecular flexibility index (Phi) is 6.03. The SMILES string of the molecule is CCn1c(SCC(=O)Nc2ccccc2)nnc1-c1cccc(C(F)(F)F)c1. The highest BCUT2D eigenvalue weighted by molar-refractivity contribution is 7.99. The molecule has 0 radical (unpaired) electrons. The molecule has 2 aromatic carbocycles. The van der Waals surface area contributed by atoms with Gasteiger partial charge >= 0.3 is 6.18 Å². The van der Waals surface area contributed by atoms with Gasteiger partial charge in [-0.15, -0.1) is 10.2 Å². The second-order valence-electron chi connectivity index (χ2n) is 5.83. The van der Waals surface area contributed by atoms with Crippen LogP contribution < -0.4 is 5.32 Å². The summed E-state index contributed by atoms with van der Waals surface area (Å²) in [7, 11) is 0. The lowest BCUT2D eigenvalue weighted by molar-refractivity contribution is -0.137. The van der Waals surface area contributed by atoms with E-state index in [0.29, 0.717) is 28.8 Å². The quantitative estimate of drug-likeness (QED) is 0.602. The first-order valence-corrected chi connectivity index (χ1v) is 9.45. The van der Waals surface area contributed by atoms with E-state index < -0.39 is 11.7 Å². The predicted octanol–water partition coefficient (Wildman–Crippen LogP) is 4.71. The molecule has 146 valence electrons. The maximum absolute atomic E-state index is 13.0. The molecule has 0 unspecified atom stereocenters. The van der Waals surface area contributed by atoms with E-state index in [2.05, 4.69) is 15.5 Å². The highest BCUT2D eigenvalue weighted by atomic mass is 32.2. The van der Waals surface area contributed by atoms with Crippen LogP contribution >= 0.6 is 11.8 Å². The fraction of sp³-hybridized carbons (Fsp3) is 0.211. The summed E-state index contributed by atoms with van der Waals surface area (Å²) in [4.78, 5) is 12.1. The van der Waals surface area contributed by atoms with Crippen LogP contribution in [0.15, 0.2) is 59.8 Å². The van der Waals surface area contributed by atoms with Crippen LogP contribution in [0.2, 0.25) is 0 Å². The smallest absolute Gasteiger partial charge is 0.325 e. The molecule has 0 aliphatic rings. The van der Waals surface area contributed by atoms with Crippen molar-refractivity contribution in [2.75, 3.05) is 11.1 Å². The summed E-state index contributed by atoms with van der Waals surface area (Å²) >= 11 is 1.18. The number of carbonyl (C=O) groups is 1. The molecule has 0 saturated heterocycles. The highest BCUT2D eigenvalue weighted by Crippen LogP contribution is 2.32. The van der Waals surface area contributed by atoms with Gasteiger partial charge in [-0.25, -0.2) is 0 Å². The van der Waals surface area contributed by atoms with Crippen LogP contribution in [0, 0.1) is 0 Å². The standard InChI is InChI=1S/C19H17F3N4OS/c1-2-26-17(13-7-6-8-14(11-13)19(20,21)22)24-25-18(26)28-12-16(27)23-15-9-4-3-5-10-15/h3-11H,2,12H2,1H3,(H,23,27). The van der Waals surface area contributed by atoms with E-state index in [0.717, 1.165) is 12.1 Å². The summed E-state index contributed by atoms with van der Waals surface area (Å²) in [5.41, 5.74) is 0.270. The van der Waals surface area contributed by atoms with Crippen molar-refractivity contribution in [3.05, 3.63) is 60.2 Å². The summed E-state index contributed by atoms with van der Waals surface area (Å²) in [6.07, 6.45) is -4.43. The van der Waals surface area contributed by atoms with Gasteiger partial charge in [-0.05, 0) is 31.2 Å². The van der Waals surface area contributed by atoms with Gasteiger partial charge in [0.2, 0.25) is 5.91 Å². The number of amides is 1. The zero-order valence-corrected chi connectivity index (χ0v) is 15.7. The van der Waals surface area contributed by atoms with Crippen LogP contribution in [-0.2, 0) is 17.5 Å². The Morgan fingerprint density at radius 2 is 1.86 bits per heavy atom. The third kappa shape index (κ3) is 4.72. The average molecular weight is 406 g/mol. The van der Waals surface area contributed by atoms with E-state index in [4.69, 9.17) is 0 Å². The fourth-order valence-corrected chi connectivity index (χ4v) is 3.38. The van der Waals surface area contributed by atoms with Gasteiger partial charge in [0.25, 0.3) is 0 Å². The molecular weight excluding hydrogens is 389 g/mol. The lowest BCUT2D eigenvalue weighted by atomic mass is 10.1. The zero-order chi connectivity index (χ0) is 20.1. The Labute approximate surface area is 164 Å². The van der Waals surface area contributed by atoms with E-state index in [1.807, 2.05) is 25.1 Å². The first-order valence-electron chi connectivity index (χ1n) is 8.47. The summed E-state index contributed by atoms with van der Waals surface area (Å²) in [5, 5.41) is 11.3. The van der Waals surface area contributed by atoms with E-state index in [9.17, 15) is 18.0 Å². The number of nitrogens with one attached hydrogen (secondary N) is 1. The third-order valence-corrected chi connectivity index (χ3v) is 4.84. The number of benzene rings is 2. The third-order valence-electron chi connectivity index (χ3n) is 3.87. The molecule has 0 bridgehead atoms. The second kappa shape index (κ2) is 8.47. The normalized spacial score (nSPS) is 11.4. The Hall–Kier alpha value is -2.81. The number of carbonyl (C=O) groups excluding carboxylic acids is 1. The van der Waals surface area contributed by atoms with Crippen molar-refractivity contribution in [3.63, 3.8) is 0 Å². The molecular formula is C19H17F3N4OS. The number of rotatable bonds is 6. The maximum Gasteiger partial charge on any atom is 0.416 e. The molecule has 3 rings (SSSR count). The number of nitrogens with zero attached hydrogens (tertiary/aromatic N) is 3. The van der Waals surface area contributed by atoms with Crippen molar-refractivity contribution >= 4 is 23.4 Å². The zero-order valence-electron chi connectivity index (χ0n) is 14.9. The molecule has 0 aliphatic carbocycles. The number of hydrogen-bond donors (Lipinski definition) is 1. The molecule has 1 amide bonds. The van der Waals surface area contributed by atoms with Crippen LogP contribution in [0.1, 0.15) is 12.5 Å². The number of hydrogen-bond acceptors (Lipinski definition) is 4. The van der Waals surface area contributed by atoms with Crippen molar-refractivity contribution in [2.24, 2.45) is 0 Å². The molecule has 0 atom stereocenters. The topological polar surface area (TPSA) is 59.8 Å². The van der Waals surface area contributed by atoms with E-state index in [1.165, 1.54) is 17.8 Å². The van der Waals surface area contributed by atoms with Gasteiger partial charge in [-0.2, -0.15) is 13.2 Å².